The number of hydrogen-bond acceptors (Lipinski definition) is 3. The van der Waals surface area contributed by atoms with Crippen LogP contribution in [0, 0.1) is 6.92 Å². The minimum Gasteiger partial charge on any atom is -0.487 e. The summed E-state index contributed by atoms with van der Waals surface area (Å²) >= 11 is 0. The summed E-state index contributed by atoms with van der Waals surface area (Å²) in [4.78, 5) is 0. The molecule has 0 saturated heterocycles. The number of likely N-dealkylation sites (N-methyl/N-ethyl adjacent to an activating group) is 1. The van der Waals surface area contributed by atoms with Crippen molar-refractivity contribution in [1.29, 1.82) is 0 Å². The van der Waals surface area contributed by atoms with Crippen molar-refractivity contribution < 1.29 is 9.47 Å². The molecule has 0 spiro atoms. The van der Waals surface area contributed by atoms with E-state index in [0.717, 1.165) is 18.7 Å². The van der Waals surface area contributed by atoms with E-state index < -0.39 is 0 Å². The van der Waals surface area contributed by atoms with Gasteiger partial charge in [0.1, 0.15) is 18.0 Å². The summed E-state index contributed by atoms with van der Waals surface area (Å²) in [5.74, 6) is 0.967. The molecule has 1 aliphatic carbocycles. The first kappa shape index (κ1) is 12.4. The van der Waals surface area contributed by atoms with Gasteiger partial charge in [-0.1, -0.05) is 25.1 Å². The molecule has 0 aliphatic heterocycles. The average Bonchev–Trinajstić information content (AvgIpc) is 2.30. The smallest absolute Gasteiger partial charge is 0.128 e. The van der Waals surface area contributed by atoms with Crippen molar-refractivity contribution in [2.45, 2.75) is 38.5 Å². The minimum atomic E-state index is 0.162. The number of hydrogen-bond donors (Lipinski definition) is 1. The van der Waals surface area contributed by atoms with E-state index in [-0.39, 0.29) is 12.2 Å². The predicted octanol–water partition coefficient (Wildman–Crippen LogP) is 2.14. The maximum atomic E-state index is 6.00. The topological polar surface area (TPSA) is 30.5 Å². The van der Waals surface area contributed by atoms with Crippen LogP contribution in [0.5, 0.6) is 5.75 Å². The minimum absolute atomic E-state index is 0.162. The summed E-state index contributed by atoms with van der Waals surface area (Å²) in [7, 11) is 1.75. The van der Waals surface area contributed by atoms with Gasteiger partial charge in [-0.3, -0.25) is 0 Å². The highest BCUT2D eigenvalue weighted by atomic mass is 16.5. The molecule has 2 rings (SSSR count). The zero-order chi connectivity index (χ0) is 12.3. The highest BCUT2D eigenvalue weighted by Crippen LogP contribution is 2.30. The van der Waals surface area contributed by atoms with Crippen molar-refractivity contribution in [2.24, 2.45) is 0 Å². The molecule has 0 amide bonds. The molecule has 17 heavy (non-hydrogen) atoms. The molecule has 1 aliphatic rings. The largest absolute Gasteiger partial charge is 0.487 e. The van der Waals surface area contributed by atoms with E-state index in [1.165, 1.54) is 5.56 Å². The third kappa shape index (κ3) is 2.61. The second kappa shape index (κ2) is 5.52. The molecule has 3 heteroatoms. The Morgan fingerprint density at radius 3 is 2.76 bits per heavy atom. The van der Waals surface area contributed by atoms with E-state index in [1.54, 1.807) is 7.11 Å². The van der Waals surface area contributed by atoms with E-state index in [0.29, 0.717) is 6.04 Å². The van der Waals surface area contributed by atoms with E-state index in [4.69, 9.17) is 9.47 Å². The van der Waals surface area contributed by atoms with E-state index >= 15 is 0 Å². The molecule has 1 fully saturated rings. The number of benzene rings is 1. The Bertz CT molecular complexity index is 367. The van der Waals surface area contributed by atoms with Crippen molar-refractivity contribution in [3.05, 3.63) is 29.8 Å². The number of ether oxygens (including phenoxy) is 2. The molecule has 0 aromatic heterocycles. The van der Waals surface area contributed by atoms with Gasteiger partial charge < -0.3 is 14.8 Å². The highest BCUT2D eigenvalue weighted by molar-refractivity contribution is 5.32. The van der Waals surface area contributed by atoms with Crippen LogP contribution in [0.15, 0.2) is 24.3 Å². The molecular weight excluding hydrogens is 214 g/mol. The van der Waals surface area contributed by atoms with Crippen LogP contribution in [0.25, 0.3) is 0 Å². The lowest BCUT2D eigenvalue weighted by Crippen LogP contribution is -2.60. The summed E-state index contributed by atoms with van der Waals surface area (Å²) in [6, 6.07) is 8.54. The third-order valence-electron chi connectivity index (χ3n) is 3.36. The predicted molar refractivity (Wildman–Crippen MR) is 68.5 cm³/mol. The van der Waals surface area contributed by atoms with E-state index in [2.05, 4.69) is 25.2 Å². The van der Waals surface area contributed by atoms with Crippen LogP contribution in [-0.2, 0) is 4.74 Å². The maximum Gasteiger partial charge on any atom is 0.128 e. The molecule has 3 nitrogen and oxygen atoms in total. The maximum absolute atomic E-state index is 6.00. The quantitative estimate of drug-likeness (QED) is 0.848. The fourth-order valence-electron chi connectivity index (χ4n) is 2.33. The SMILES string of the molecule is CCNC1CC(Oc2ccccc2C)C1OC. The zero-order valence-corrected chi connectivity index (χ0v) is 10.8. The van der Waals surface area contributed by atoms with Gasteiger partial charge in [0.2, 0.25) is 0 Å². The standard InChI is InChI=1S/C14H21NO2/c1-4-15-11-9-13(14(11)16-3)17-12-8-6-5-7-10(12)2/h5-8,11,13-15H,4,9H2,1-3H3. The van der Waals surface area contributed by atoms with Crippen LogP contribution in [0.1, 0.15) is 18.9 Å². The van der Waals surface area contributed by atoms with Crippen LogP contribution in [0.2, 0.25) is 0 Å². The van der Waals surface area contributed by atoms with Gasteiger partial charge in [-0.25, -0.2) is 0 Å². The number of nitrogens with one attached hydrogen (secondary N) is 1. The van der Waals surface area contributed by atoms with Gasteiger partial charge in [0.25, 0.3) is 0 Å². The van der Waals surface area contributed by atoms with Gasteiger partial charge in [0.05, 0.1) is 0 Å². The average molecular weight is 235 g/mol. The third-order valence-corrected chi connectivity index (χ3v) is 3.36. The fraction of sp³-hybridized carbons (Fsp3) is 0.571. The van der Waals surface area contributed by atoms with Gasteiger partial charge >= 0.3 is 0 Å². The number of aryl methyl sites for hydroxylation is 1. The lowest BCUT2D eigenvalue weighted by Gasteiger charge is -2.43. The highest BCUT2D eigenvalue weighted by Gasteiger charge is 2.42. The number of para-hydroxylation sites is 1. The monoisotopic (exact) mass is 235 g/mol. The number of methoxy groups -OCH3 is 1. The van der Waals surface area contributed by atoms with Crippen molar-refractivity contribution in [3.63, 3.8) is 0 Å². The first-order valence-electron chi connectivity index (χ1n) is 6.24. The molecule has 1 aromatic rings. The van der Waals surface area contributed by atoms with Crippen molar-refractivity contribution in [3.8, 4) is 5.75 Å². The molecule has 0 bridgehead atoms. The molecule has 0 heterocycles. The summed E-state index contributed by atoms with van der Waals surface area (Å²) in [6.45, 7) is 5.15. The van der Waals surface area contributed by atoms with Crippen LogP contribution < -0.4 is 10.1 Å². The molecule has 1 aromatic carbocycles. The Labute approximate surface area is 103 Å². The Kier molecular flexibility index (Phi) is 4.02. The molecule has 0 radical (unpaired) electrons. The number of rotatable bonds is 5. The second-order valence-electron chi connectivity index (χ2n) is 4.52. The molecule has 1 saturated carbocycles. The first-order chi connectivity index (χ1) is 8.26. The first-order valence-corrected chi connectivity index (χ1v) is 6.24. The molecule has 3 unspecified atom stereocenters. The van der Waals surface area contributed by atoms with Gasteiger partial charge in [-0.2, -0.15) is 0 Å². The normalized spacial score (nSPS) is 27.6. The van der Waals surface area contributed by atoms with Crippen LogP contribution in [0.3, 0.4) is 0 Å². The lowest BCUT2D eigenvalue weighted by atomic mass is 9.85. The van der Waals surface area contributed by atoms with Gasteiger partial charge in [-0.15, -0.1) is 0 Å². The Morgan fingerprint density at radius 2 is 2.12 bits per heavy atom. The summed E-state index contributed by atoms with van der Waals surface area (Å²) in [6.07, 6.45) is 1.35. The molecule has 1 N–H and O–H groups in total. The van der Waals surface area contributed by atoms with Crippen LogP contribution in [0.4, 0.5) is 0 Å². The van der Waals surface area contributed by atoms with Crippen LogP contribution in [-0.4, -0.2) is 31.9 Å². The van der Waals surface area contributed by atoms with E-state index in [9.17, 15) is 0 Å². The van der Waals surface area contributed by atoms with Gasteiger partial charge in [0, 0.05) is 19.6 Å². The van der Waals surface area contributed by atoms with Gasteiger partial charge in [-0.05, 0) is 25.1 Å². The summed E-state index contributed by atoms with van der Waals surface area (Å²) in [5, 5.41) is 3.41. The van der Waals surface area contributed by atoms with Crippen molar-refractivity contribution in [1.82, 2.24) is 5.32 Å². The van der Waals surface area contributed by atoms with Gasteiger partial charge in [0.15, 0.2) is 0 Å². The zero-order valence-electron chi connectivity index (χ0n) is 10.8. The molecule has 3 atom stereocenters. The van der Waals surface area contributed by atoms with Crippen molar-refractivity contribution >= 4 is 0 Å². The lowest BCUT2D eigenvalue weighted by molar-refractivity contribution is -0.0885. The van der Waals surface area contributed by atoms with Crippen LogP contribution >= 0.6 is 0 Å². The van der Waals surface area contributed by atoms with E-state index in [1.807, 2.05) is 18.2 Å². The Morgan fingerprint density at radius 1 is 1.35 bits per heavy atom. The Balaban J connectivity index is 1.95. The summed E-state index contributed by atoms with van der Waals surface area (Å²) < 4.78 is 11.5. The molecular formula is C14H21NO2. The fourth-order valence-corrected chi connectivity index (χ4v) is 2.33. The summed E-state index contributed by atoms with van der Waals surface area (Å²) in [5.41, 5.74) is 1.18. The Hall–Kier alpha value is -1.06. The molecule has 94 valence electrons. The second-order valence-corrected chi connectivity index (χ2v) is 4.52. The van der Waals surface area contributed by atoms with Crippen molar-refractivity contribution in [2.75, 3.05) is 13.7 Å².